The molecule has 0 amide bonds. The first-order valence-corrected chi connectivity index (χ1v) is 5.53. The van der Waals surface area contributed by atoms with Gasteiger partial charge in [-0.25, -0.2) is 4.98 Å². The van der Waals surface area contributed by atoms with E-state index < -0.39 is 0 Å². The average Bonchev–Trinajstić information content (AvgIpc) is 2.24. The van der Waals surface area contributed by atoms with Crippen LogP contribution in [-0.2, 0) is 0 Å². The van der Waals surface area contributed by atoms with Crippen molar-refractivity contribution < 1.29 is 0 Å². The quantitative estimate of drug-likeness (QED) is 0.342. The molecule has 0 aliphatic heterocycles. The summed E-state index contributed by atoms with van der Waals surface area (Å²) in [5, 5.41) is 16.6. The Morgan fingerprint density at radius 2 is 2.47 bits per heavy atom. The van der Waals surface area contributed by atoms with Gasteiger partial charge < -0.3 is 5.73 Å². The number of amidine groups is 1. The highest BCUT2D eigenvalue weighted by Gasteiger charge is 1.98. The van der Waals surface area contributed by atoms with Gasteiger partial charge in [0.15, 0.2) is 0 Å². The van der Waals surface area contributed by atoms with Crippen molar-refractivity contribution in [2.24, 2.45) is 5.73 Å². The summed E-state index contributed by atoms with van der Waals surface area (Å²) in [5.41, 5.74) is 5.86. The van der Waals surface area contributed by atoms with Crippen molar-refractivity contribution in [3.8, 4) is 6.07 Å². The van der Waals surface area contributed by atoms with Crippen molar-refractivity contribution in [3.63, 3.8) is 0 Å². The fourth-order valence-electron chi connectivity index (χ4n) is 0.997. The Morgan fingerprint density at radius 3 is 3.13 bits per heavy atom. The Hall–Kier alpha value is -1.54. The Bertz CT molecular complexity index is 383. The molecule has 0 saturated heterocycles. The van der Waals surface area contributed by atoms with E-state index in [1.54, 1.807) is 30.1 Å². The molecule has 3 N–H and O–H groups in total. The molecule has 0 spiro atoms. The summed E-state index contributed by atoms with van der Waals surface area (Å²) in [6.07, 6.45) is 3.11. The SMILES string of the molecule is N#Cc1ccnc(SCCCC(=N)N)c1. The van der Waals surface area contributed by atoms with E-state index in [0.717, 1.165) is 17.2 Å². The Morgan fingerprint density at radius 1 is 1.67 bits per heavy atom. The highest BCUT2D eigenvalue weighted by atomic mass is 32.2. The van der Waals surface area contributed by atoms with Crippen molar-refractivity contribution >= 4 is 17.6 Å². The van der Waals surface area contributed by atoms with Crippen LogP contribution in [0.3, 0.4) is 0 Å². The second-order valence-corrected chi connectivity index (χ2v) is 4.09. The van der Waals surface area contributed by atoms with Crippen LogP contribution in [-0.4, -0.2) is 16.6 Å². The minimum atomic E-state index is 0.217. The van der Waals surface area contributed by atoms with Gasteiger partial charge in [-0.1, -0.05) is 0 Å². The lowest BCUT2D eigenvalue weighted by molar-refractivity contribution is 0.984. The van der Waals surface area contributed by atoms with E-state index in [1.165, 1.54) is 0 Å². The lowest BCUT2D eigenvalue weighted by Gasteiger charge is -2.00. The first kappa shape index (κ1) is 11.5. The number of hydrogen-bond acceptors (Lipinski definition) is 4. The third kappa shape index (κ3) is 4.47. The Labute approximate surface area is 93.0 Å². The summed E-state index contributed by atoms with van der Waals surface area (Å²) in [6.45, 7) is 0. The topological polar surface area (TPSA) is 86.5 Å². The number of aromatic nitrogens is 1. The molecule has 4 nitrogen and oxygen atoms in total. The molecule has 0 unspecified atom stereocenters. The Balaban J connectivity index is 2.38. The minimum Gasteiger partial charge on any atom is -0.388 e. The van der Waals surface area contributed by atoms with Crippen LogP contribution >= 0.6 is 11.8 Å². The molecule has 0 aliphatic carbocycles. The van der Waals surface area contributed by atoms with Crippen LogP contribution in [0.25, 0.3) is 0 Å². The Kier molecular flexibility index (Phi) is 4.64. The second kappa shape index (κ2) is 6.04. The summed E-state index contributed by atoms with van der Waals surface area (Å²) < 4.78 is 0. The minimum absolute atomic E-state index is 0.217. The predicted octanol–water partition coefficient (Wildman–Crippen LogP) is 1.76. The monoisotopic (exact) mass is 220 g/mol. The lowest BCUT2D eigenvalue weighted by Crippen LogP contribution is -2.08. The number of pyridine rings is 1. The van der Waals surface area contributed by atoms with Crippen LogP contribution in [0.4, 0.5) is 0 Å². The smallest absolute Gasteiger partial charge is 0.0993 e. The number of nitriles is 1. The highest BCUT2D eigenvalue weighted by molar-refractivity contribution is 7.99. The fourth-order valence-corrected chi connectivity index (χ4v) is 1.84. The summed E-state index contributed by atoms with van der Waals surface area (Å²) in [6, 6.07) is 5.51. The van der Waals surface area contributed by atoms with Gasteiger partial charge in [0.2, 0.25) is 0 Å². The average molecular weight is 220 g/mol. The van der Waals surface area contributed by atoms with Crippen LogP contribution in [0.2, 0.25) is 0 Å². The number of thioether (sulfide) groups is 1. The molecule has 78 valence electrons. The third-order valence-corrected chi connectivity index (χ3v) is 2.72. The van der Waals surface area contributed by atoms with Crippen molar-refractivity contribution in [2.45, 2.75) is 17.9 Å². The van der Waals surface area contributed by atoms with Crippen LogP contribution in [0, 0.1) is 16.7 Å². The van der Waals surface area contributed by atoms with Crippen molar-refractivity contribution in [1.29, 1.82) is 10.7 Å². The number of nitrogens with one attached hydrogen (secondary N) is 1. The standard InChI is InChI=1S/C10H12N4S/c11-7-8-3-4-14-10(6-8)15-5-1-2-9(12)13/h3-4,6H,1-2,5H2,(H3,12,13). The van der Waals surface area contributed by atoms with E-state index in [2.05, 4.69) is 11.1 Å². The lowest BCUT2D eigenvalue weighted by atomic mass is 10.3. The van der Waals surface area contributed by atoms with Gasteiger partial charge in [-0.2, -0.15) is 5.26 Å². The number of hydrogen-bond donors (Lipinski definition) is 2. The van der Waals surface area contributed by atoms with Crippen molar-refractivity contribution in [1.82, 2.24) is 4.98 Å². The van der Waals surface area contributed by atoms with Crippen LogP contribution in [0.15, 0.2) is 23.4 Å². The van der Waals surface area contributed by atoms with Gasteiger partial charge >= 0.3 is 0 Å². The first-order chi connectivity index (χ1) is 7.22. The van der Waals surface area contributed by atoms with Crippen molar-refractivity contribution in [2.75, 3.05) is 5.75 Å². The molecule has 5 heteroatoms. The number of nitrogens with two attached hydrogens (primary N) is 1. The summed E-state index contributed by atoms with van der Waals surface area (Å²) >= 11 is 1.58. The second-order valence-electron chi connectivity index (χ2n) is 2.97. The predicted molar refractivity (Wildman–Crippen MR) is 60.8 cm³/mol. The first-order valence-electron chi connectivity index (χ1n) is 4.54. The number of rotatable bonds is 5. The van der Waals surface area contributed by atoms with Crippen LogP contribution in [0.1, 0.15) is 18.4 Å². The van der Waals surface area contributed by atoms with Crippen molar-refractivity contribution in [3.05, 3.63) is 23.9 Å². The molecule has 0 bridgehead atoms. The summed E-state index contributed by atoms with van der Waals surface area (Å²) in [5.74, 6) is 1.08. The molecule has 0 fully saturated rings. The van der Waals surface area contributed by atoms with Gasteiger partial charge in [-0.3, -0.25) is 5.41 Å². The molecule has 0 aromatic carbocycles. The maximum Gasteiger partial charge on any atom is 0.0993 e. The van der Waals surface area contributed by atoms with E-state index >= 15 is 0 Å². The molecule has 1 aromatic heterocycles. The molecule has 1 aromatic rings. The zero-order chi connectivity index (χ0) is 11.1. The summed E-state index contributed by atoms with van der Waals surface area (Å²) in [4.78, 5) is 4.13. The maximum atomic E-state index is 8.67. The van der Waals surface area contributed by atoms with E-state index in [1.807, 2.05) is 0 Å². The molecular formula is C10H12N4S. The summed E-state index contributed by atoms with van der Waals surface area (Å²) in [7, 11) is 0. The van der Waals surface area contributed by atoms with E-state index in [0.29, 0.717) is 12.0 Å². The van der Waals surface area contributed by atoms with Gasteiger partial charge in [-0.15, -0.1) is 11.8 Å². The normalized spacial score (nSPS) is 9.53. The molecule has 1 heterocycles. The number of nitrogens with zero attached hydrogens (tertiary/aromatic N) is 2. The van der Waals surface area contributed by atoms with Crippen LogP contribution < -0.4 is 5.73 Å². The molecule has 15 heavy (non-hydrogen) atoms. The fraction of sp³-hybridized carbons (Fsp3) is 0.300. The van der Waals surface area contributed by atoms with Gasteiger partial charge in [0.05, 0.1) is 22.5 Å². The maximum absolute atomic E-state index is 8.67. The molecule has 1 rings (SSSR count). The molecule has 0 saturated carbocycles. The largest absolute Gasteiger partial charge is 0.388 e. The zero-order valence-corrected chi connectivity index (χ0v) is 9.05. The molecule has 0 aliphatic rings. The van der Waals surface area contributed by atoms with Crippen LogP contribution in [0.5, 0.6) is 0 Å². The molecule has 0 atom stereocenters. The van der Waals surface area contributed by atoms with Gasteiger partial charge in [0.25, 0.3) is 0 Å². The van der Waals surface area contributed by atoms with E-state index in [4.69, 9.17) is 16.4 Å². The van der Waals surface area contributed by atoms with Gasteiger partial charge in [0.1, 0.15) is 0 Å². The molecule has 0 radical (unpaired) electrons. The third-order valence-electron chi connectivity index (χ3n) is 1.70. The zero-order valence-electron chi connectivity index (χ0n) is 8.23. The molecular weight excluding hydrogens is 208 g/mol. The van der Waals surface area contributed by atoms with Gasteiger partial charge in [-0.05, 0) is 24.3 Å². The highest BCUT2D eigenvalue weighted by Crippen LogP contribution is 2.17. The van der Waals surface area contributed by atoms with Gasteiger partial charge in [0, 0.05) is 12.6 Å². The van der Waals surface area contributed by atoms with E-state index in [-0.39, 0.29) is 5.84 Å². The van der Waals surface area contributed by atoms with E-state index in [9.17, 15) is 0 Å².